The first-order valence-corrected chi connectivity index (χ1v) is 13.9. The minimum atomic E-state index is -0.0985. The van der Waals surface area contributed by atoms with Crippen molar-refractivity contribution in [3.8, 4) is 11.4 Å². The fourth-order valence-corrected chi connectivity index (χ4v) is 5.30. The van der Waals surface area contributed by atoms with E-state index in [1.54, 1.807) is 0 Å². The van der Waals surface area contributed by atoms with Crippen molar-refractivity contribution in [3.63, 3.8) is 0 Å². The van der Waals surface area contributed by atoms with E-state index in [0.717, 1.165) is 61.9 Å². The fraction of sp³-hybridized carbons (Fsp3) is 0.429. The molecule has 0 atom stereocenters. The Morgan fingerprint density at radius 2 is 1.65 bits per heavy atom. The van der Waals surface area contributed by atoms with Crippen LogP contribution >= 0.6 is 15.9 Å². The highest BCUT2D eigenvalue weighted by molar-refractivity contribution is 9.10. The van der Waals surface area contributed by atoms with Crippen molar-refractivity contribution in [2.24, 2.45) is 5.92 Å². The smallest absolute Gasteiger partial charge is 0.255 e. The fourth-order valence-electron chi connectivity index (χ4n) is 5.04. The van der Waals surface area contributed by atoms with Gasteiger partial charge in [-0.1, -0.05) is 46.1 Å². The number of para-hydroxylation sites is 1. The number of benzene rings is 2. The van der Waals surface area contributed by atoms with Gasteiger partial charge in [-0.25, -0.2) is 0 Å². The molecule has 0 bridgehead atoms. The van der Waals surface area contributed by atoms with Gasteiger partial charge in [0, 0.05) is 29.0 Å². The molecule has 5 rings (SSSR count). The van der Waals surface area contributed by atoms with Gasteiger partial charge >= 0.3 is 0 Å². The molecule has 0 saturated carbocycles. The zero-order valence-corrected chi connectivity index (χ0v) is 22.5. The summed E-state index contributed by atoms with van der Waals surface area (Å²) in [4.78, 5) is 35.0. The molecule has 0 spiro atoms. The van der Waals surface area contributed by atoms with Gasteiger partial charge in [-0.3, -0.25) is 14.5 Å². The number of rotatable bonds is 6. The van der Waals surface area contributed by atoms with Crippen LogP contribution in [0.3, 0.4) is 0 Å². The van der Waals surface area contributed by atoms with Gasteiger partial charge in [0.2, 0.25) is 17.6 Å². The third kappa shape index (κ3) is 6.45. The number of hydrogen-bond donors (Lipinski definition) is 1. The first-order chi connectivity index (χ1) is 18.1. The standard InChI is InChI=1S/C28H32BrN5O3/c29-22-11-9-20(10-12-22)26-31-25(37-32-26)19-33-17-13-21(14-18-33)27(35)30-24-8-4-3-7-23(24)28(36)34-15-5-1-2-6-16-34/h3-4,7-12,21H,1-2,5-6,13-19H2,(H,30,35). The zero-order chi connectivity index (χ0) is 25.6. The number of anilines is 1. The Morgan fingerprint density at radius 3 is 2.38 bits per heavy atom. The van der Waals surface area contributed by atoms with Crippen LogP contribution in [0.25, 0.3) is 11.4 Å². The van der Waals surface area contributed by atoms with Crippen LogP contribution in [0.1, 0.15) is 54.8 Å². The Kier molecular flexibility index (Phi) is 8.31. The molecule has 2 aromatic carbocycles. The van der Waals surface area contributed by atoms with Crippen molar-refractivity contribution in [3.05, 3.63) is 64.5 Å². The van der Waals surface area contributed by atoms with Crippen LogP contribution in [-0.4, -0.2) is 57.9 Å². The average molecular weight is 566 g/mol. The number of hydrogen-bond acceptors (Lipinski definition) is 6. The third-order valence-electron chi connectivity index (χ3n) is 7.20. The molecule has 8 nitrogen and oxygen atoms in total. The Labute approximate surface area is 225 Å². The van der Waals surface area contributed by atoms with Crippen LogP contribution in [0.2, 0.25) is 0 Å². The van der Waals surface area contributed by atoms with E-state index in [2.05, 4.69) is 36.3 Å². The van der Waals surface area contributed by atoms with Gasteiger partial charge in [-0.15, -0.1) is 0 Å². The lowest BCUT2D eigenvalue weighted by molar-refractivity contribution is -0.121. The molecular formula is C28H32BrN5O3. The molecule has 0 radical (unpaired) electrons. The molecule has 2 amide bonds. The van der Waals surface area contributed by atoms with E-state index in [4.69, 9.17) is 4.52 Å². The molecule has 2 aliphatic heterocycles. The number of likely N-dealkylation sites (tertiary alicyclic amines) is 2. The molecule has 1 aromatic heterocycles. The van der Waals surface area contributed by atoms with Crippen LogP contribution in [0.5, 0.6) is 0 Å². The molecule has 3 aromatic rings. The highest BCUT2D eigenvalue weighted by Gasteiger charge is 2.27. The molecular weight excluding hydrogens is 534 g/mol. The monoisotopic (exact) mass is 565 g/mol. The van der Waals surface area contributed by atoms with Gasteiger partial charge in [-0.05, 0) is 75.2 Å². The number of halogens is 1. The predicted molar refractivity (Wildman–Crippen MR) is 145 cm³/mol. The molecule has 9 heteroatoms. The number of carbonyl (C=O) groups is 2. The summed E-state index contributed by atoms with van der Waals surface area (Å²) in [5, 5.41) is 7.17. The molecule has 0 unspecified atom stereocenters. The zero-order valence-electron chi connectivity index (χ0n) is 20.9. The summed E-state index contributed by atoms with van der Waals surface area (Å²) in [6, 6.07) is 15.2. The van der Waals surface area contributed by atoms with Crippen molar-refractivity contribution in [2.75, 3.05) is 31.5 Å². The second-order valence-corrected chi connectivity index (χ2v) is 10.7. The molecule has 194 valence electrons. The first-order valence-electron chi connectivity index (χ1n) is 13.1. The number of nitrogens with one attached hydrogen (secondary N) is 1. The van der Waals surface area contributed by atoms with E-state index in [9.17, 15) is 9.59 Å². The van der Waals surface area contributed by atoms with E-state index < -0.39 is 0 Å². The van der Waals surface area contributed by atoms with E-state index in [-0.39, 0.29) is 17.7 Å². The number of aromatic nitrogens is 2. The van der Waals surface area contributed by atoms with Crippen LogP contribution in [-0.2, 0) is 11.3 Å². The van der Waals surface area contributed by atoms with Gasteiger partial charge in [-0.2, -0.15) is 4.98 Å². The topological polar surface area (TPSA) is 91.6 Å². The number of piperidine rings is 1. The SMILES string of the molecule is O=C(Nc1ccccc1C(=O)N1CCCCCC1)C1CCN(Cc2nc(-c3ccc(Br)cc3)no2)CC1. The number of carbonyl (C=O) groups excluding carboxylic acids is 2. The number of amides is 2. The van der Waals surface area contributed by atoms with Crippen molar-refractivity contribution in [2.45, 2.75) is 45.1 Å². The van der Waals surface area contributed by atoms with Crippen LogP contribution in [0, 0.1) is 5.92 Å². The van der Waals surface area contributed by atoms with Crippen LogP contribution in [0.4, 0.5) is 5.69 Å². The Bertz CT molecular complexity index is 1210. The summed E-state index contributed by atoms with van der Waals surface area (Å²) in [7, 11) is 0. The van der Waals surface area contributed by atoms with Crippen molar-refractivity contribution in [1.29, 1.82) is 0 Å². The van der Waals surface area contributed by atoms with Gasteiger partial charge in [0.05, 0.1) is 17.8 Å². The molecule has 3 heterocycles. The van der Waals surface area contributed by atoms with Gasteiger partial charge in [0.1, 0.15) is 0 Å². The lowest BCUT2D eigenvalue weighted by Gasteiger charge is -2.30. The van der Waals surface area contributed by atoms with Gasteiger partial charge in [0.15, 0.2) is 0 Å². The van der Waals surface area contributed by atoms with Gasteiger partial charge in [0.25, 0.3) is 5.91 Å². The summed E-state index contributed by atoms with van der Waals surface area (Å²) in [6.07, 6.45) is 5.88. The van der Waals surface area contributed by atoms with Crippen molar-refractivity contribution in [1.82, 2.24) is 19.9 Å². The average Bonchev–Trinajstić information content (AvgIpc) is 3.21. The van der Waals surface area contributed by atoms with Crippen LogP contribution in [0.15, 0.2) is 57.5 Å². The second kappa shape index (κ2) is 12.0. The van der Waals surface area contributed by atoms with Gasteiger partial charge < -0.3 is 14.7 Å². The molecule has 2 saturated heterocycles. The van der Waals surface area contributed by atoms with E-state index in [1.807, 2.05) is 53.4 Å². The Morgan fingerprint density at radius 1 is 0.946 bits per heavy atom. The van der Waals surface area contributed by atoms with Crippen molar-refractivity contribution >= 4 is 33.4 Å². The minimum Gasteiger partial charge on any atom is -0.339 e. The summed E-state index contributed by atoms with van der Waals surface area (Å²) in [6.45, 7) is 3.66. The third-order valence-corrected chi connectivity index (χ3v) is 7.73. The molecule has 1 N–H and O–H groups in total. The van der Waals surface area contributed by atoms with E-state index >= 15 is 0 Å². The summed E-state index contributed by atoms with van der Waals surface area (Å²) in [5.41, 5.74) is 2.09. The molecule has 37 heavy (non-hydrogen) atoms. The largest absolute Gasteiger partial charge is 0.339 e. The Balaban J connectivity index is 1.15. The first kappa shape index (κ1) is 25.6. The highest BCUT2D eigenvalue weighted by Crippen LogP contribution is 2.25. The lowest BCUT2D eigenvalue weighted by atomic mass is 9.95. The number of nitrogens with zero attached hydrogens (tertiary/aromatic N) is 4. The van der Waals surface area contributed by atoms with Crippen molar-refractivity contribution < 1.29 is 14.1 Å². The summed E-state index contributed by atoms with van der Waals surface area (Å²) >= 11 is 3.43. The maximum Gasteiger partial charge on any atom is 0.255 e. The molecule has 2 aliphatic rings. The van der Waals surface area contributed by atoms with Crippen LogP contribution < -0.4 is 5.32 Å². The normalized spacial score (nSPS) is 17.4. The van der Waals surface area contributed by atoms with E-state index in [1.165, 1.54) is 12.8 Å². The summed E-state index contributed by atoms with van der Waals surface area (Å²) < 4.78 is 6.47. The maximum absolute atomic E-state index is 13.2. The summed E-state index contributed by atoms with van der Waals surface area (Å²) in [5.74, 6) is 1.03. The Hall–Kier alpha value is -3.04. The lowest BCUT2D eigenvalue weighted by Crippen LogP contribution is -2.38. The highest BCUT2D eigenvalue weighted by atomic mass is 79.9. The minimum absolute atomic E-state index is 0.00897. The predicted octanol–water partition coefficient (Wildman–Crippen LogP) is 5.37. The second-order valence-electron chi connectivity index (χ2n) is 9.81. The molecule has 2 fully saturated rings. The quantitative estimate of drug-likeness (QED) is 0.432. The molecule has 0 aliphatic carbocycles. The maximum atomic E-state index is 13.2. The van der Waals surface area contributed by atoms with E-state index in [0.29, 0.717) is 29.5 Å².